The van der Waals surface area contributed by atoms with Crippen molar-refractivity contribution in [2.45, 2.75) is 6.92 Å². The predicted molar refractivity (Wildman–Crippen MR) is 55.6 cm³/mol. The van der Waals surface area contributed by atoms with Crippen LogP contribution in [0.1, 0.15) is 17.3 Å². The average Bonchev–Trinajstić information content (AvgIpc) is 2.26. The third-order valence-electron chi connectivity index (χ3n) is 1.99. The highest BCUT2D eigenvalue weighted by molar-refractivity contribution is 5.93. The van der Waals surface area contributed by atoms with Crippen LogP contribution >= 0.6 is 0 Å². The van der Waals surface area contributed by atoms with Crippen molar-refractivity contribution in [1.29, 1.82) is 0 Å². The Labute approximate surface area is 87.1 Å². The highest BCUT2D eigenvalue weighted by Crippen LogP contribution is 1.92. The van der Waals surface area contributed by atoms with Crippen molar-refractivity contribution < 1.29 is 9.90 Å². The first-order chi connectivity index (χ1) is 7.15. The number of nitrogens with one attached hydrogen (secondary N) is 2. The minimum atomic E-state index is -0.419. The summed E-state index contributed by atoms with van der Waals surface area (Å²) in [5.41, 5.74) is -0.231. The van der Waals surface area contributed by atoms with Gasteiger partial charge in [0.25, 0.3) is 5.91 Å². The smallest absolute Gasteiger partial charge is 0.256 e. The van der Waals surface area contributed by atoms with Gasteiger partial charge in [-0.1, -0.05) is 6.92 Å². The fourth-order valence-corrected chi connectivity index (χ4v) is 1.02. The Balaban J connectivity index is 2.62. The van der Waals surface area contributed by atoms with Gasteiger partial charge in [0, 0.05) is 31.6 Å². The summed E-state index contributed by atoms with van der Waals surface area (Å²) in [6, 6.07) is 1.30. The summed E-state index contributed by atoms with van der Waals surface area (Å²) in [4.78, 5) is 25.4. The van der Waals surface area contributed by atoms with Crippen LogP contribution < -0.4 is 10.7 Å². The summed E-state index contributed by atoms with van der Waals surface area (Å²) in [6.07, 6.45) is 2.83. The van der Waals surface area contributed by atoms with E-state index < -0.39 is 5.91 Å². The molecular formula is C10H14N2O3. The van der Waals surface area contributed by atoms with E-state index in [1.165, 1.54) is 18.5 Å². The lowest BCUT2D eigenvalue weighted by Crippen LogP contribution is -2.32. The van der Waals surface area contributed by atoms with Crippen LogP contribution in [0.2, 0.25) is 0 Å². The lowest BCUT2D eigenvalue weighted by Gasteiger charge is -2.08. The van der Waals surface area contributed by atoms with Crippen molar-refractivity contribution in [2.75, 3.05) is 13.2 Å². The molecule has 0 aromatic carbocycles. The minimum Gasteiger partial charge on any atom is -0.396 e. The molecule has 1 atom stereocenters. The first-order valence-electron chi connectivity index (χ1n) is 4.71. The van der Waals surface area contributed by atoms with Crippen LogP contribution in [-0.2, 0) is 0 Å². The summed E-state index contributed by atoms with van der Waals surface area (Å²) in [5, 5.41) is 11.3. The molecule has 0 saturated heterocycles. The third-order valence-corrected chi connectivity index (χ3v) is 1.99. The Morgan fingerprint density at radius 2 is 2.40 bits per heavy atom. The molecule has 0 aliphatic heterocycles. The summed E-state index contributed by atoms with van der Waals surface area (Å²) < 4.78 is 0. The molecule has 0 aliphatic rings. The standard InChI is InChI=1S/C10H14N2O3/c1-7(6-13)4-12-10(15)8-5-11-3-2-9(8)14/h2-3,5,7,13H,4,6H2,1H3,(H,11,14)(H,12,15). The van der Waals surface area contributed by atoms with Gasteiger partial charge in [0.1, 0.15) is 5.56 Å². The number of pyridine rings is 1. The van der Waals surface area contributed by atoms with E-state index in [1.807, 2.05) is 0 Å². The van der Waals surface area contributed by atoms with E-state index in [4.69, 9.17) is 5.11 Å². The Hall–Kier alpha value is -1.62. The third kappa shape index (κ3) is 3.21. The Morgan fingerprint density at radius 1 is 1.67 bits per heavy atom. The van der Waals surface area contributed by atoms with Crippen LogP contribution in [0, 0.1) is 5.92 Å². The number of carbonyl (C=O) groups is 1. The highest BCUT2D eigenvalue weighted by Gasteiger charge is 2.09. The molecule has 0 saturated carbocycles. The van der Waals surface area contributed by atoms with Gasteiger partial charge in [-0.15, -0.1) is 0 Å². The zero-order chi connectivity index (χ0) is 11.3. The summed E-state index contributed by atoms with van der Waals surface area (Å²) in [6.45, 7) is 2.16. The van der Waals surface area contributed by atoms with E-state index in [-0.39, 0.29) is 23.5 Å². The number of amides is 1. The van der Waals surface area contributed by atoms with Crippen LogP contribution in [0.15, 0.2) is 23.3 Å². The maximum Gasteiger partial charge on any atom is 0.256 e. The molecule has 1 aromatic heterocycles. The molecule has 15 heavy (non-hydrogen) atoms. The maximum absolute atomic E-state index is 11.5. The number of rotatable bonds is 4. The Morgan fingerprint density at radius 3 is 3.00 bits per heavy atom. The van der Waals surface area contributed by atoms with Crippen molar-refractivity contribution >= 4 is 5.91 Å². The zero-order valence-corrected chi connectivity index (χ0v) is 8.49. The van der Waals surface area contributed by atoms with Gasteiger partial charge < -0.3 is 15.4 Å². The molecular weight excluding hydrogens is 196 g/mol. The average molecular weight is 210 g/mol. The molecule has 82 valence electrons. The van der Waals surface area contributed by atoms with Crippen LogP contribution in [0.25, 0.3) is 0 Å². The van der Waals surface area contributed by atoms with Crippen molar-refractivity contribution in [2.24, 2.45) is 5.92 Å². The molecule has 3 N–H and O–H groups in total. The predicted octanol–water partition coefficient (Wildman–Crippen LogP) is -0.267. The number of aromatic nitrogens is 1. The Bertz CT molecular complexity index is 386. The second-order valence-corrected chi connectivity index (χ2v) is 3.42. The SMILES string of the molecule is CC(CO)CNC(=O)c1c[nH]ccc1=O. The molecule has 0 aliphatic carbocycles. The van der Waals surface area contributed by atoms with Gasteiger partial charge in [0.15, 0.2) is 5.43 Å². The molecule has 0 radical (unpaired) electrons. The molecule has 5 nitrogen and oxygen atoms in total. The monoisotopic (exact) mass is 210 g/mol. The molecule has 1 amide bonds. The van der Waals surface area contributed by atoms with Gasteiger partial charge in [0.05, 0.1) is 0 Å². The van der Waals surface area contributed by atoms with Crippen molar-refractivity contribution in [1.82, 2.24) is 10.3 Å². The van der Waals surface area contributed by atoms with Crippen molar-refractivity contribution in [3.8, 4) is 0 Å². The van der Waals surface area contributed by atoms with Crippen LogP contribution in [0.5, 0.6) is 0 Å². The number of hydrogen-bond donors (Lipinski definition) is 3. The van der Waals surface area contributed by atoms with Crippen molar-refractivity contribution in [3.05, 3.63) is 34.2 Å². The molecule has 0 fully saturated rings. The Kier molecular flexibility index (Phi) is 4.05. The van der Waals surface area contributed by atoms with Gasteiger partial charge in [-0.05, 0) is 5.92 Å². The highest BCUT2D eigenvalue weighted by atomic mass is 16.3. The van der Waals surface area contributed by atoms with E-state index in [9.17, 15) is 9.59 Å². The van der Waals surface area contributed by atoms with Gasteiger partial charge in [-0.2, -0.15) is 0 Å². The van der Waals surface area contributed by atoms with Gasteiger partial charge >= 0.3 is 0 Å². The minimum absolute atomic E-state index is 0.00538. The van der Waals surface area contributed by atoms with Crippen LogP contribution in [-0.4, -0.2) is 29.1 Å². The van der Waals surface area contributed by atoms with Crippen LogP contribution in [0.4, 0.5) is 0 Å². The lowest BCUT2D eigenvalue weighted by molar-refractivity contribution is 0.0941. The lowest BCUT2D eigenvalue weighted by atomic mass is 10.2. The second kappa shape index (κ2) is 5.31. The molecule has 1 rings (SSSR count). The molecule has 1 heterocycles. The number of carbonyl (C=O) groups excluding carboxylic acids is 1. The number of aromatic amines is 1. The van der Waals surface area contributed by atoms with Gasteiger partial charge in [-0.3, -0.25) is 9.59 Å². The molecule has 5 heteroatoms. The van der Waals surface area contributed by atoms with Crippen molar-refractivity contribution in [3.63, 3.8) is 0 Å². The fourth-order valence-electron chi connectivity index (χ4n) is 1.02. The first-order valence-corrected chi connectivity index (χ1v) is 4.71. The number of H-pyrrole nitrogens is 1. The van der Waals surface area contributed by atoms with E-state index in [0.717, 1.165) is 0 Å². The molecule has 0 bridgehead atoms. The quantitative estimate of drug-likeness (QED) is 0.640. The van der Waals surface area contributed by atoms with Crippen LogP contribution in [0.3, 0.4) is 0 Å². The number of aliphatic hydroxyl groups excluding tert-OH is 1. The second-order valence-electron chi connectivity index (χ2n) is 3.42. The topological polar surface area (TPSA) is 82.2 Å². The van der Waals surface area contributed by atoms with E-state index in [2.05, 4.69) is 10.3 Å². The number of hydrogen-bond acceptors (Lipinski definition) is 3. The van der Waals surface area contributed by atoms with Gasteiger partial charge in [0.2, 0.25) is 0 Å². The normalized spacial score (nSPS) is 12.1. The summed E-state index contributed by atoms with van der Waals surface area (Å²) in [5.74, 6) is -0.436. The first kappa shape index (κ1) is 11.5. The summed E-state index contributed by atoms with van der Waals surface area (Å²) in [7, 11) is 0. The summed E-state index contributed by atoms with van der Waals surface area (Å²) >= 11 is 0. The van der Waals surface area contributed by atoms with Gasteiger partial charge in [-0.25, -0.2) is 0 Å². The van der Waals surface area contributed by atoms with E-state index >= 15 is 0 Å². The zero-order valence-electron chi connectivity index (χ0n) is 8.49. The number of aliphatic hydroxyl groups is 1. The molecule has 1 aromatic rings. The molecule has 0 spiro atoms. The maximum atomic E-state index is 11.5. The molecule has 1 unspecified atom stereocenters. The van der Waals surface area contributed by atoms with E-state index in [0.29, 0.717) is 6.54 Å². The van der Waals surface area contributed by atoms with E-state index in [1.54, 1.807) is 6.92 Å². The fraction of sp³-hybridized carbons (Fsp3) is 0.400. The largest absolute Gasteiger partial charge is 0.396 e.